The second-order valence-electron chi connectivity index (χ2n) is 4.95. The Morgan fingerprint density at radius 3 is 2.42 bits per heavy atom. The van der Waals surface area contributed by atoms with E-state index >= 15 is 0 Å². The van der Waals surface area contributed by atoms with Crippen molar-refractivity contribution in [2.75, 3.05) is 13.7 Å². The summed E-state index contributed by atoms with van der Waals surface area (Å²) in [4.78, 5) is 17.4. The van der Waals surface area contributed by atoms with Gasteiger partial charge in [-0.05, 0) is 37.5 Å². The number of benzene rings is 2. The number of ether oxygens (including phenoxy) is 1. The fourth-order valence-corrected chi connectivity index (χ4v) is 3.02. The molecule has 0 N–H and O–H groups in total. The van der Waals surface area contributed by atoms with Crippen LogP contribution in [0.1, 0.15) is 35.3 Å². The van der Waals surface area contributed by atoms with Gasteiger partial charge in [-0.3, -0.25) is 4.99 Å². The van der Waals surface area contributed by atoms with Crippen LogP contribution in [-0.2, 0) is 4.74 Å². The minimum atomic E-state index is -0.303. The molecule has 0 aromatic heterocycles. The number of carbonyl (C=O) groups is 1. The van der Waals surface area contributed by atoms with E-state index in [4.69, 9.17) is 4.74 Å². The van der Waals surface area contributed by atoms with Crippen LogP contribution in [0.3, 0.4) is 0 Å². The van der Waals surface area contributed by atoms with Gasteiger partial charge in [0.2, 0.25) is 0 Å². The molecule has 0 radical (unpaired) electrons. The van der Waals surface area contributed by atoms with Crippen molar-refractivity contribution in [2.45, 2.75) is 18.7 Å². The minimum absolute atomic E-state index is 0.303. The van der Waals surface area contributed by atoms with Gasteiger partial charge in [0.25, 0.3) is 0 Å². The van der Waals surface area contributed by atoms with E-state index in [0.29, 0.717) is 12.2 Å². The van der Waals surface area contributed by atoms with Crippen molar-refractivity contribution in [3.05, 3.63) is 76.7 Å². The topological polar surface area (TPSA) is 38.7 Å². The van der Waals surface area contributed by atoms with Crippen LogP contribution in [0.25, 0.3) is 0 Å². The van der Waals surface area contributed by atoms with Crippen LogP contribution < -0.4 is 0 Å². The molecule has 0 saturated heterocycles. The average Bonchev–Trinajstić information content (AvgIpc) is 2.62. The van der Waals surface area contributed by atoms with Gasteiger partial charge in [-0.1, -0.05) is 48.2 Å². The first kappa shape index (κ1) is 18.0. The maximum Gasteiger partial charge on any atom is 0.338 e. The van der Waals surface area contributed by atoms with Gasteiger partial charge in [-0.25, -0.2) is 4.79 Å². The van der Waals surface area contributed by atoms with E-state index in [1.54, 1.807) is 37.9 Å². The minimum Gasteiger partial charge on any atom is -0.462 e. The van der Waals surface area contributed by atoms with Crippen molar-refractivity contribution < 1.29 is 9.53 Å². The Balaban J connectivity index is 2.34. The third-order valence-corrected chi connectivity index (χ3v) is 4.38. The summed E-state index contributed by atoms with van der Waals surface area (Å²) >= 11 is 1.66. The Morgan fingerprint density at radius 1 is 1.12 bits per heavy atom. The van der Waals surface area contributed by atoms with Crippen molar-refractivity contribution in [2.24, 2.45) is 4.99 Å². The molecule has 0 aliphatic carbocycles. The Kier molecular flexibility index (Phi) is 6.82. The molecule has 24 heavy (non-hydrogen) atoms. The van der Waals surface area contributed by atoms with Gasteiger partial charge in [0.15, 0.2) is 0 Å². The second-order valence-corrected chi connectivity index (χ2v) is 5.90. The van der Waals surface area contributed by atoms with Crippen molar-refractivity contribution in [1.82, 2.24) is 0 Å². The van der Waals surface area contributed by atoms with Crippen molar-refractivity contribution in [3.8, 4) is 0 Å². The average molecular weight is 339 g/mol. The molecule has 3 nitrogen and oxygen atoms in total. The highest BCUT2D eigenvalue weighted by Gasteiger charge is 2.12. The summed E-state index contributed by atoms with van der Waals surface area (Å²) in [6.45, 7) is 4.17. The van der Waals surface area contributed by atoms with Crippen LogP contribution in [0.15, 0.2) is 69.9 Å². The lowest BCUT2D eigenvalue weighted by molar-refractivity contribution is 0.0526. The molecule has 0 aliphatic rings. The summed E-state index contributed by atoms with van der Waals surface area (Å²) in [6.07, 6.45) is 2.01. The summed E-state index contributed by atoms with van der Waals surface area (Å²) in [7, 11) is 1.78. The zero-order valence-electron chi connectivity index (χ0n) is 14.2. The van der Waals surface area contributed by atoms with E-state index < -0.39 is 0 Å². The highest BCUT2D eigenvalue weighted by atomic mass is 32.2. The van der Waals surface area contributed by atoms with Gasteiger partial charge >= 0.3 is 5.97 Å². The van der Waals surface area contributed by atoms with Crippen LogP contribution in [0, 0.1) is 0 Å². The lowest BCUT2D eigenvalue weighted by Crippen LogP contribution is -2.07. The van der Waals surface area contributed by atoms with Crippen LogP contribution in [0.5, 0.6) is 0 Å². The second kappa shape index (κ2) is 9.08. The number of thioether (sulfide) groups is 1. The number of aliphatic imine (C=N–C) groups is 1. The molecular formula is C20H21NO2S. The molecule has 0 atom stereocenters. The highest BCUT2D eigenvalue weighted by molar-refractivity contribution is 8.02. The number of rotatable bonds is 6. The van der Waals surface area contributed by atoms with E-state index in [1.165, 1.54) is 0 Å². The third-order valence-electron chi connectivity index (χ3n) is 3.37. The normalized spacial score (nSPS) is 11.7. The first-order valence-corrected chi connectivity index (χ1v) is 8.70. The molecule has 0 unspecified atom stereocenters. The Hall–Kier alpha value is -2.33. The monoisotopic (exact) mass is 339 g/mol. The van der Waals surface area contributed by atoms with E-state index in [2.05, 4.69) is 22.5 Å². The van der Waals surface area contributed by atoms with E-state index in [0.717, 1.165) is 21.7 Å². The van der Waals surface area contributed by atoms with E-state index in [1.807, 2.05) is 37.3 Å². The molecule has 0 amide bonds. The zero-order valence-corrected chi connectivity index (χ0v) is 15.0. The smallest absolute Gasteiger partial charge is 0.338 e. The first-order valence-electron chi connectivity index (χ1n) is 7.82. The van der Waals surface area contributed by atoms with Crippen LogP contribution in [0.2, 0.25) is 0 Å². The van der Waals surface area contributed by atoms with Crippen molar-refractivity contribution in [1.29, 1.82) is 0 Å². The largest absolute Gasteiger partial charge is 0.462 e. The molecule has 2 rings (SSSR count). The molecule has 0 saturated carbocycles. The van der Waals surface area contributed by atoms with Gasteiger partial charge < -0.3 is 4.74 Å². The van der Waals surface area contributed by atoms with E-state index in [9.17, 15) is 4.79 Å². The summed E-state index contributed by atoms with van der Waals surface area (Å²) in [5.74, 6) is -0.303. The summed E-state index contributed by atoms with van der Waals surface area (Å²) in [6, 6.07) is 15.5. The SMILES string of the molecule is C/C=C/Sc1ccccc1C(=NC)c1ccc(C(=O)OCC)cc1. The predicted octanol–water partition coefficient (Wildman–Crippen LogP) is 4.96. The number of carbonyl (C=O) groups excluding carboxylic acids is 1. The fraction of sp³-hybridized carbons (Fsp3) is 0.200. The summed E-state index contributed by atoms with van der Waals surface area (Å²) in [5.41, 5.74) is 3.50. The molecule has 0 bridgehead atoms. The number of nitrogens with zero attached hydrogens (tertiary/aromatic N) is 1. The number of allylic oxidation sites excluding steroid dienone is 1. The number of esters is 1. The number of hydrogen-bond donors (Lipinski definition) is 0. The third kappa shape index (κ3) is 4.36. The maximum atomic E-state index is 11.8. The summed E-state index contributed by atoms with van der Waals surface area (Å²) in [5, 5.41) is 2.05. The maximum absolute atomic E-state index is 11.8. The molecular weight excluding hydrogens is 318 g/mol. The molecule has 124 valence electrons. The van der Waals surface area contributed by atoms with Gasteiger partial charge in [0.05, 0.1) is 17.9 Å². The molecule has 0 heterocycles. The number of hydrogen-bond acceptors (Lipinski definition) is 4. The zero-order chi connectivity index (χ0) is 17.4. The fourth-order valence-electron chi connectivity index (χ4n) is 2.29. The molecule has 0 aliphatic heterocycles. The Bertz CT molecular complexity index is 748. The van der Waals surface area contributed by atoms with Crippen LogP contribution >= 0.6 is 11.8 Å². The molecule has 2 aromatic rings. The molecule has 4 heteroatoms. The van der Waals surface area contributed by atoms with Gasteiger partial charge in [0, 0.05) is 23.1 Å². The van der Waals surface area contributed by atoms with Crippen LogP contribution in [0.4, 0.5) is 0 Å². The lowest BCUT2D eigenvalue weighted by atomic mass is 10.0. The van der Waals surface area contributed by atoms with Crippen molar-refractivity contribution in [3.63, 3.8) is 0 Å². The Morgan fingerprint density at radius 2 is 1.79 bits per heavy atom. The van der Waals surface area contributed by atoms with Gasteiger partial charge in [-0.2, -0.15) is 0 Å². The molecule has 0 spiro atoms. The van der Waals surface area contributed by atoms with Crippen molar-refractivity contribution >= 4 is 23.4 Å². The highest BCUT2D eigenvalue weighted by Crippen LogP contribution is 2.26. The standard InChI is InChI=1S/C20H21NO2S/c1-4-14-24-18-9-7-6-8-17(18)19(21-3)15-10-12-16(13-11-15)20(22)23-5-2/h4,6-14H,5H2,1-3H3/b14-4+,21-19?. The van der Waals surface area contributed by atoms with Crippen LogP contribution in [-0.4, -0.2) is 25.3 Å². The van der Waals surface area contributed by atoms with Gasteiger partial charge in [0.1, 0.15) is 0 Å². The molecule has 2 aromatic carbocycles. The lowest BCUT2D eigenvalue weighted by Gasteiger charge is -2.11. The van der Waals surface area contributed by atoms with E-state index in [-0.39, 0.29) is 5.97 Å². The predicted molar refractivity (Wildman–Crippen MR) is 101 cm³/mol. The summed E-state index contributed by atoms with van der Waals surface area (Å²) < 4.78 is 5.02. The quantitative estimate of drug-likeness (QED) is 0.424. The molecule has 0 fully saturated rings. The van der Waals surface area contributed by atoms with Gasteiger partial charge in [-0.15, -0.1) is 0 Å². The first-order chi connectivity index (χ1) is 11.7. The Labute approximate surface area is 147 Å².